The summed E-state index contributed by atoms with van der Waals surface area (Å²) in [5.41, 5.74) is 4.99. The van der Waals surface area contributed by atoms with Crippen molar-refractivity contribution in [2.24, 2.45) is 0 Å². The summed E-state index contributed by atoms with van der Waals surface area (Å²) in [5.74, 6) is -0.317. The highest BCUT2D eigenvalue weighted by Gasteiger charge is 2.21. The van der Waals surface area contributed by atoms with Gasteiger partial charge in [0, 0.05) is 31.4 Å². The molecule has 0 radical (unpaired) electrons. The molecular weight excluding hydrogens is 362 g/mol. The van der Waals surface area contributed by atoms with E-state index >= 15 is 0 Å². The molecule has 0 bridgehead atoms. The van der Waals surface area contributed by atoms with Crippen molar-refractivity contribution in [2.45, 2.75) is 46.5 Å². The van der Waals surface area contributed by atoms with E-state index in [0.717, 1.165) is 48.4 Å². The number of anilines is 3. The van der Waals surface area contributed by atoms with Gasteiger partial charge in [-0.25, -0.2) is 0 Å². The standard InChI is InChI=1S/C24H31N3O2/c1-4-19-9-8-10-20(5-2)24(19)27(18(3)28)17-23(29)25-21-11-13-22(14-12-21)26-15-6-7-16-26/h8-14H,4-7,15-17H2,1-3H3,(H,25,29). The smallest absolute Gasteiger partial charge is 0.244 e. The largest absolute Gasteiger partial charge is 0.372 e. The first-order valence-corrected chi connectivity index (χ1v) is 10.6. The van der Waals surface area contributed by atoms with Crippen molar-refractivity contribution < 1.29 is 9.59 Å². The third-order valence-corrected chi connectivity index (χ3v) is 5.54. The number of amides is 2. The summed E-state index contributed by atoms with van der Waals surface area (Å²) in [6.45, 7) is 7.85. The van der Waals surface area contributed by atoms with E-state index in [1.165, 1.54) is 25.5 Å². The molecule has 0 atom stereocenters. The van der Waals surface area contributed by atoms with Gasteiger partial charge in [-0.05, 0) is 61.1 Å². The van der Waals surface area contributed by atoms with Crippen LogP contribution in [-0.2, 0) is 22.4 Å². The number of aryl methyl sites for hydroxylation is 2. The maximum atomic E-state index is 12.7. The number of nitrogens with zero attached hydrogens (tertiary/aromatic N) is 2. The molecule has 5 nitrogen and oxygen atoms in total. The number of hydrogen-bond donors (Lipinski definition) is 1. The molecule has 3 rings (SSSR count). The molecule has 2 aromatic rings. The Hall–Kier alpha value is -2.82. The van der Waals surface area contributed by atoms with Crippen molar-refractivity contribution in [1.82, 2.24) is 0 Å². The molecule has 1 N–H and O–H groups in total. The van der Waals surface area contributed by atoms with Crippen molar-refractivity contribution >= 4 is 28.9 Å². The highest BCUT2D eigenvalue weighted by Crippen LogP contribution is 2.27. The second kappa shape index (κ2) is 9.59. The van der Waals surface area contributed by atoms with E-state index in [9.17, 15) is 9.59 Å². The molecule has 1 fully saturated rings. The molecule has 1 saturated heterocycles. The predicted molar refractivity (Wildman–Crippen MR) is 120 cm³/mol. The average molecular weight is 394 g/mol. The van der Waals surface area contributed by atoms with E-state index in [1.807, 2.05) is 42.5 Å². The Labute approximate surface area is 173 Å². The highest BCUT2D eigenvalue weighted by atomic mass is 16.2. The molecule has 1 aliphatic heterocycles. The number of carbonyl (C=O) groups is 2. The average Bonchev–Trinajstić information content (AvgIpc) is 3.26. The molecule has 5 heteroatoms. The number of rotatable bonds is 7. The van der Waals surface area contributed by atoms with Crippen molar-refractivity contribution in [2.75, 3.05) is 34.8 Å². The van der Waals surface area contributed by atoms with E-state index in [0.29, 0.717) is 0 Å². The maximum Gasteiger partial charge on any atom is 0.244 e. The van der Waals surface area contributed by atoms with E-state index < -0.39 is 0 Å². The lowest BCUT2D eigenvalue weighted by Gasteiger charge is -2.26. The number of carbonyl (C=O) groups excluding carboxylic acids is 2. The van der Waals surface area contributed by atoms with E-state index in [4.69, 9.17) is 0 Å². The molecule has 0 saturated carbocycles. The number of para-hydroxylation sites is 1. The molecule has 2 aromatic carbocycles. The lowest BCUT2D eigenvalue weighted by molar-refractivity contribution is -0.120. The van der Waals surface area contributed by atoms with Gasteiger partial charge >= 0.3 is 0 Å². The molecule has 2 amide bonds. The summed E-state index contributed by atoms with van der Waals surface area (Å²) < 4.78 is 0. The van der Waals surface area contributed by atoms with Crippen LogP contribution in [0.1, 0.15) is 44.7 Å². The Kier molecular flexibility index (Phi) is 6.91. The van der Waals surface area contributed by atoms with Crippen LogP contribution in [-0.4, -0.2) is 31.4 Å². The Morgan fingerprint density at radius 3 is 2.07 bits per heavy atom. The van der Waals surface area contributed by atoms with Crippen LogP contribution in [0.5, 0.6) is 0 Å². The summed E-state index contributed by atoms with van der Waals surface area (Å²) in [5, 5.41) is 2.94. The van der Waals surface area contributed by atoms with Gasteiger partial charge in [-0.3, -0.25) is 9.59 Å². The van der Waals surface area contributed by atoms with Crippen LogP contribution in [0.2, 0.25) is 0 Å². The monoisotopic (exact) mass is 393 g/mol. The van der Waals surface area contributed by atoms with Crippen LogP contribution in [0.15, 0.2) is 42.5 Å². The molecular formula is C24H31N3O2. The fourth-order valence-corrected chi connectivity index (χ4v) is 3.98. The Bertz CT molecular complexity index is 833. The van der Waals surface area contributed by atoms with Crippen LogP contribution >= 0.6 is 0 Å². The lowest BCUT2D eigenvalue weighted by atomic mass is 10.0. The van der Waals surface area contributed by atoms with Crippen molar-refractivity contribution in [3.05, 3.63) is 53.6 Å². The minimum atomic E-state index is -0.193. The van der Waals surface area contributed by atoms with E-state index in [2.05, 4.69) is 24.1 Å². The molecule has 0 aliphatic carbocycles. The van der Waals surface area contributed by atoms with Crippen LogP contribution in [0, 0.1) is 0 Å². The molecule has 1 aliphatic rings. The minimum Gasteiger partial charge on any atom is -0.372 e. The van der Waals surface area contributed by atoms with E-state index in [-0.39, 0.29) is 18.4 Å². The van der Waals surface area contributed by atoms with E-state index in [1.54, 1.807) is 4.90 Å². The number of hydrogen-bond acceptors (Lipinski definition) is 3. The second-order valence-electron chi connectivity index (χ2n) is 7.53. The fourth-order valence-electron chi connectivity index (χ4n) is 3.98. The normalized spacial score (nSPS) is 13.4. The molecule has 0 unspecified atom stereocenters. The highest BCUT2D eigenvalue weighted by molar-refractivity contribution is 6.02. The molecule has 0 aromatic heterocycles. The minimum absolute atomic E-state index is 0.00717. The molecule has 1 heterocycles. The maximum absolute atomic E-state index is 12.7. The van der Waals surface area contributed by atoms with Gasteiger partial charge in [-0.1, -0.05) is 32.0 Å². The van der Waals surface area contributed by atoms with Gasteiger partial charge in [0.15, 0.2) is 0 Å². The van der Waals surface area contributed by atoms with Crippen LogP contribution in [0.4, 0.5) is 17.1 Å². The lowest BCUT2D eigenvalue weighted by Crippen LogP contribution is -2.38. The summed E-state index contributed by atoms with van der Waals surface area (Å²) >= 11 is 0. The van der Waals surface area contributed by atoms with Crippen LogP contribution in [0.3, 0.4) is 0 Å². The van der Waals surface area contributed by atoms with Gasteiger partial charge < -0.3 is 15.1 Å². The van der Waals surface area contributed by atoms with Crippen molar-refractivity contribution in [1.29, 1.82) is 0 Å². The summed E-state index contributed by atoms with van der Waals surface area (Å²) in [6, 6.07) is 14.0. The van der Waals surface area contributed by atoms with Gasteiger partial charge in [0.25, 0.3) is 0 Å². The molecule has 0 spiro atoms. The van der Waals surface area contributed by atoms with Crippen LogP contribution in [0.25, 0.3) is 0 Å². The SMILES string of the molecule is CCc1cccc(CC)c1N(CC(=O)Nc1ccc(N2CCCC2)cc1)C(C)=O. The Morgan fingerprint density at radius 1 is 0.966 bits per heavy atom. The molecule has 154 valence electrons. The summed E-state index contributed by atoms with van der Waals surface area (Å²) in [4.78, 5) is 29.1. The third kappa shape index (κ3) is 4.97. The summed E-state index contributed by atoms with van der Waals surface area (Å²) in [6.07, 6.45) is 4.09. The second-order valence-corrected chi connectivity index (χ2v) is 7.53. The first-order chi connectivity index (χ1) is 14.0. The summed E-state index contributed by atoms with van der Waals surface area (Å²) in [7, 11) is 0. The Balaban J connectivity index is 1.73. The van der Waals surface area contributed by atoms with Gasteiger partial charge in [-0.2, -0.15) is 0 Å². The van der Waals surface area contributed by atoms with Crippen molar-refractivity contribution in [3.63, 3.8) is 0 Å². The quantitative estimate of drug-likeness (QED) is 0.758. The van der Waals surface area contributed by atoms with Crippen molar-refractivity contribution in [3.8, 4) is 0 Å². The number of benzene rings is 2. The van der Waals surface area contributed by atoms with Crippen LogP contribution < -0.4 is 15.1 Å². The topological polar surface area (TPSA) is 52.7 Å². The van der Waals surface area contributed by atoms with Gasteiger partial charge in [0.1, 0.15) is 6.54 Å². The van der Waals surface area contributed by atoms with Gasteiger partial charge in [0.2, 0.25) is 11.8 Å². The predicted octanol–water partition coefficient (Wildman–Crippen LogP) is 4.40. The third-order valence-electron chi connectivity index (χ3n) is 5.54. The zero-order chi connectivity index (χ0) is 20.8. The fraction of sp³-hybridized carbons (Fsp3) is 0.417. The first kappa shape index (κ1) is 20.9. The van der Waals surface area contributed by atoms with Gasteiger partial charge in [-0.15, -0.1) is 0 Å². The Morgan fingerprint density at radius 2 is 1.55 bits per heavy atom. The van der Waals surface area contributed by atoms with Gasteiger partial charge in [0.05, 0.1) is 5.69 Å². The zero-order valence-electron chi connectivity index (χ0n) is 17.7. The number of nitrogens with one attached hydrogen (secondary N) is 1. The zero-order valence-corrected chi connectivity index (χ0v) is 17.7. The molecule has 29 heavy (non-hydrogen) atoms. The first-order valence-electron chi connectivity index (χ1n) is 10.6.